The number of amides is 1. The average Bonchev–Trinajstić information content (AvgIpc) is 3.44. The summed E-state index contributed by atoms with van der Waals surface area (Å²) in [5, 5.41) is 14.8. The van der Waals surface area contributed by atoms with E-state index in [0.717, 1.165) is 12.8 Å². The van der Waals surface area contributed by atoms with Crippen molar-refractivity contribution < 1.29 is 13.9 Å². The molecule has 8 nitrogen and oxygen atoms in total. The van der Waals surface area contributed by atoms with E-state index in [2.05, 4.69) is 25.8 Å². The van der Waals surface area contributed by atoms with Crippen LogP contribution in [0, 0.1) is 5.82 Å². The highest BCUT2D eigenvalue weighted by molar-refractivity contribution is 8.00. The highest BCUT2D eigenvalue weighted by atomic mass is 32.2. The first-order valence-corrected chi connectivity index (χ1v) is 9.61. The lowest BCUT2D eigenvalue weighted by atomic mass is 10.3. The summed E-state index contributed by atoms with van der Waals surface area (Å²) >= 11 is 1.32. The fourth-order valence-electron chi connectivity index (χ4n) is 2.40. The molecule has 3 aromatic rings. The number of ether oxygens (including phenoxy) is 1. The zero-order valence-corrected chi connectivity index (χ0v) is 15.8. The van der Waals surface area contributed by atoms with E-state index in [1.54, 1.807) is 23.7 Å². The van der Waals surface area contributed by atoms with Crippen molar-refractivity contribution in [3.8, 4) is 11.6 Å². The first-order chi connectivity index (χ1) is 13.6. The molecule has 1 unspecified atom stereocenters. The predicted molar refractivity (Wildman–Crippen MR) is 101 cm³/mol. The first-order valence-electron chi connectivity index (χ1n) is 8.73. The van der Waals surface area contributed by atoms with Gasteiger partial charge >= 0.3 is 0 Å². The predicted octanol–water partition coefficient (Wildman–Crippen LogP) is 3.45. The summed E-state index contributed by atoms with van der Waals surface area (Å²) < 4.78 is 20.2. The van der Waals surface area contributed by atoms with Crippen LogP contribution >= 0.6 is 11.8 Å². The van der Waals surface area contributed by atoms with Crippen LogP contribution in [0.5, 0.6) is 11.6 Å². The van der Waals surface area contributed by atoms with Crippen molar-refractivity contribution in [3.63, 3.8) is 0 Å². The molecular weight excluding hydrogens is 383 g/mol. The number of anilines is 1. The molecule has 144 valence electrons. The van der Waals surface area contributed by atoms with Crippen LogP contribution in [0.4, 0.5) is 10.1 Å². The molecule has 1 aliphatic carbocycles. The minimum Gasteiger partial charge on any atom is -0.439 e. The number of hydrogen-bond acceptors (Lipinski definition) is 7. The number of aromatic nitrogens is 5. The normalized spacial score (nSPS) is 14.5. The molecule has 0 spiro atoms. The summed E-state index contributed by atoms with van der Waals surface area (Å²) in [6.45, 7) is 1.80. The zero-order chi connectivity index (χ0) is 19.5. The molecule has 0 bridgehead atoms. The largest absolute Gasteiger partial charge is 0.439 e. The van der Waals surface area contributed by atoms with Gasteiger partial charge in [0.2, 0.25) is 16.9 Å². The van der Waals surface area contributed by atoms with E-state index in [0.29, 0.717) is 28.5 Å². The van der Waals surface area contributed by atoms with Crippen molar-refractivity contribution in [2.75, 3.05) is 5.32 Å². The minimum absolute atomic E-state index is 0.177. The number of nitrogens with one attached hydrogen (secondary N) is 1. The van der Waals surface area contributed by atoms with E-state index >= 15 is 0 Å². The van der Waals surface area contributed by atoms with Crippen LogP contribution in [-0.4, -0.2) is 36.3 Å². The van der Waals surface area contributed by atoms with Gasteiger partial charge in [0.1, 0.15) is 11.6 Å². The Morgan fingerprint density at radius 3 is 2.75 bits per heavy atom. The third-order valence-electron chi connectivity index (χ3n) is 4.05. The Balaban J connectivity index is 1.33. The molecule has 1 fully saturated rings. The van der Waals surface area contributed by atoms with Gasteiger partial charge in [-0.3, -0.25) is 4.79 Å². The average molecular weight is 400 g/mol. The van der Waals surface area contributed by atoms with Gasteiger partial charge in [0.25, 0.3) is 0 Å². The quantitative estimate of drug-likeness (QED) is 0.607. The van der Waals surface area contributed by atoms with Crippen molar-refractivity contribution in [2.24, 2.45) is 0 Å². The number of hydrogen-bond donors (Lipinski definition) is 1. The molecule has 10 heteroatoms. The molecule has 2 heterocycles. The third kappa shape index (κ3) is 4.45. The van der Waals surface area contributed by atoms with E-state index < -0.39 is 0 Å². The lowest BCUT2D eigenvalue weighted by Gasteiger charge is -2.12. The van der Waals surface area contributed by atoms with Crippen LogP contribution in [0.2, 0.25) is 0 Å². The molecule has 1 aromatic carbocycles. The highest BCUT2D eigenvalue weighted by Gasteiger charge is 2.29. The van der Waals surface area contributed by atoms with Crippen molar-refractivity contribution in [1.29, 1.82) is 0 Å². The van der Waals surface area contributed by atoms with Crippen LogP contribution in [0.25, 0.3) is 0 Å². The van der Waals surface area contributed by atoms with Crippen LogP contribution in [0.1, 0.15) is 25.8 Å². The molecule has 1 amide bonds. The number of benzene rings is 1. The van der Waals surface area contributed by atoms with Crippen LogP contribution in [-0.2, 0) is 4.79 Å². The molecule has 1 saturated carbocycles. The monoisotopic (exact) mass is 400 g/mol. The molecular formula is C18H17FN6O2S. The van der Waals surface area contributed by atoms with Gasteiger partial charge in [-0.05, 0) is 60.5 Å². The number of tetrazole rings is 1. The second-order valence-electron chi connectivity index (χ2n) is 6.33. The van der Waals surface area contributed by atoms with Crippen molar-refractivity contribution >= 4 is 23.4 Å². The number of nitrogens with zero attached hydrogens (tertiary/aromatic N) is 5. The maximum atomic E-state index is 12.9. The zero-order valence-electron chi connectivity index (χ0n) is 14.9. The van der Waals surface area contributed by atoms with Crippen molar-refractivity contribution in [3.05, 3.63) is 48.4 Å². The molecule has 28 heavy (non-hydrogen) atoms. The maximum Gasteiger partial charge on any atom is 0.237 e. The van der Waals surface area contributed by atoms with Crippen LogP contribution in [0.15, 0.2) is 47.8 Å². The summed E-state index contributed by atoms with van der Waals surface area (Å²) in [6.07, 6.45) is 3.64. The van der Waals surface area contributed by atoms with Crippen molar-refractivity contribution in [2.45, 2.75) is 36.2 Å². The number of carbonyl (C=O) groups excluding carboxylic acids is 1. The summed E-state index contributed by atoms with van der Waals surface area (Å²) in [7, 11) is 0. The number of pyridine rings is 1. The van der Waals surface area contributed by atoms with Gasteiger partial charge in [-0.1, -0.05) is 11.8 Å². The molecule has 0 aliphatic heterocycles. The Morgan fingerprint density at radius 1 is 1.29 bits per heavy atom. The van der Waals surface area contributed by atoms with E-state index in [9.17, 15) is 9.18 Å². The summed E-state index contributed by atoms with van der Waals surface area (Å²) in [5.41, 5.74) is 0.547. The summed E-state index contributed by atoms with van der Waals surface area (Å²) in [4.78, 5) is 16.6. The number of carbonyl (C=O) groups is 1. The van der Waals surface area contributed by atoms with Gasteiger partial charge in [0.15, 0.2) is 0 Å². The Morgan fingerprint density at radius 2 is 2.07 bits per heavy atom. The van der Waals surface area contributed by atoms with Crippen LogP contribution in [0.3, 0.4) is 0 Å². The lowest BCUT2D eigenvalue weighted by Crippen LogP contribution is -2.23. The minimum atomic E-state index is -0.376. The SMILES string of the molecule is CC(Sc1nnnn1C1CC1)C(=O)Nc1ccc(Oc2ccc(F)cc2)nc1. The second kappa shape index (κ2) is 7.93. The maximum absolute atomic E-state index is 12.9. The third-order valence-corrected chi connectivity index (χ3v) is 5.09. The first kappa shape index (κ1) is 18.4. The fourth-order valence-corrected chi connectivity index (χ4v) is 3.26. The van der Waals surface area contributed by atoms with E-state index in [1.165, 1.54) is 42.2 Å². The van der Waals surface area contributed by atoms with Gasteiger partial charge in [-0.15, -0.1) is 5.10 Å². The number of rotatable bonds is 7. The van der Waals surface area contributed by atoms with Gasteiger partial charge < -0.3 is 10.1 Å². The summed E-state index contributed by atoms with van der Waals surface area (Å²) in [6, 6.07) is 9.32. The second-order valence-corrected chi connectivity index (χ2v) is 7.64. The Bertz CT molecular complexity index is 959. The Hall–Kier alpha value is -3.01. The molecule has 0 saturated heterocycles. The number of thioether (sulfide) groups is 1. The van der Waals surface area contributed by atoms with Gasteiger partial charge in [-0.2, -0.15) is 0 Å². The Labute approximate surface area is 164 Å². The van der Waals surface area contributed by atoms with Gasteiger partial charge in [0, 0.05) is 6.07 Å². The highest BCUT2D eigenvalue weighted by Crippen LogP contribution is 2.37. The van der Waals surface area contributed by atoms with E-state index in [-0.39, 0.29) is 17.0 Å². The van der Waals surface area contributed by atoms with Crippen molar-refractivity contribution in [1.82, 2.24) is 25.2 Å². The lowest BCUT2D eigenvalue weighted by molar-refractivity contribution is -0.115. The van der Waals surface area contributed by atoms with E-state index in [1.807, 2.05) is 0 Å². The molecule has 1 N–H and O–H groups in total. The molecule has 1 aliphatic rings. The van der Waals surface area contributed by atoms with Gasteiger partial charge in [0.05, 0.1) is 23.2 Å². The summed E-state index contributed by atoms with van der Waals surface area (Å²) in [5.74, 6) is 0.306. The smallest absolute Gasteiger partial charge is 0.237 e. The van der Waals surface area contributed by atoms with Gasteiger partial charge in [-0.25, -0.2) is 14.1 Å². The fraction of sp³-hybridized carbons (Fsp3) is 0.278. The molecule has 1 atom stereocenters. The topological polar surface area (TPSA) is 94.8 Å². The molecule has 0 radical (unpaired) electrons. The number of halogens is 1. The molecule has 4 rings (SSSR count). The van der Waals surface area contributed by atoms with Crippen LogP contribution < -0.4 is 10.1 Å². The molecule has 2 aromatic heterocycles. The standard InChI is InChI=1S/C18H17FN6O2S/c1-11(28-18-22-23-24-25(18)14-5-6-14)17(26)21-13-4-9-16(20-10-13)27-15-7-2-12(19)3-8-15/h2-4,7-11,14H,5-6H2,1H3,(H,21,26). The Kier molecular flexibility index (Phi) is 5.20. The van der Waals surface area contributed by atoms with E-state index in [4.69, 9.17) is 4.74 Å².